The van der Waals surface area contributed by atoms with Crippen LogP contribution in [0.1, 0.15) is 5.56 Å². The summed E-state index contributed by atoms with van der Waals surface area (Å²) in [5.74, 6) is -1.01. The number of carbonyl (C=O) groups is 1. The van der Waals surface area contributed by atoms with Gasteiger partial charge in [-0.25, -0.2) is 4.68 Å². The molecule has 0 saturated carbocycles. The number of para-hydroxylation sites is 3. The Morgan fingerprint density at radius 1 is 0.970 bits per heavy atom. The van der Waals surface area contributed by atoms with Crippen molar-refractivity contribution in [3.63, 3.8) is 0 Å². The Labute approximate surface area is 192 Å². The summed E-state index contributed by atoms with van der Waals surface area (Å²) in [6.07, 6.45) is -3.28. The molecular formula is C24H17ClF3N3O2. The molecule has 1 amide bonds. The van der Waals surface area contributed by atoms with Crippen molar-refractivity contribution in [2.24, 2.45) is 0 Å². The Morgan fingerprint density at radius 3 is 2.33 bits per heavy atom. The number of carbonyl (C=O) groups excluding carboxylic acids is 1. The van der Waals surface area contributed by atoms with Crippen molar-refractivity contribution in [3.05, 3.63) is 95.6 Å². The second-order valence-electron chi connectivity index (χ2n) is 7.06. The summed E-state index contributed by atoms with van der Waals surface area (Å²) in [6.45, 7) is 0. The minimum atomic E-state index is -4.88. The van der Waals surface area contributed by atoms with Crippen molar-refractivity contribution in [3.8, 4) is 22.7 Å². The van der Waals surface area contributed by atoms with E-state index < -0.39 is 18.0 Å². The van der Waals surface area contributed by atoms with Gasteiger partial charge in [0.05, 0.1) is 23.5 Å². The molecule has 0 unspecified atom stereocenters. The number of benzene rings is 3. The van der Waals surface area contributed by atoms with Crippen LogP contribution in [0, 0.1) is 0 Å². The van der Waals surface area contributed by atoms with Crippen LogP contribution in [0.2, 0.25) is 5.02 Å². The third-order valence-corrected chi connectivity index (χ3v) is 4.92. The summed E-state index contributed by atoms with van der Waals surface area (Å²) in [6, 6.07) is 21.7. The van der Waals surface area contributed by atoms with Gasteiger partial charge in [0.15, 0.2) is 5.75 Å². The number of rotatable bonds is 6. The normalized spacial score (nSPS) is 11.3. The van der Waals surface area contributed by atoms with Crippen molar-refractivity contribution in [2.75, 3.05) is 5.32 Å². The van der Waals surface area contributed by atoms with E-state index in [0.717, 1.165) is 17.3 Å². The van der Waals surface area contributed by atoms with E-state index in [4.69, 9.17) is 11.6 Å². The molecule has 0 aliphatic heterocycles. The summed E-state index contributed by atoms with van der Waals surface area (Å²) in [4.78, 5) is 12.8. The Balaban J connectivity index is 1.63. The van der Waals surface area contributed by atoms with Crippen LogP contribution >= 0.6 is 11.6 Å². The number of hydrogen-bond donors (Lipinski definition) is 1. The summed E-state index contributed by atoms with van der Waals surface area (Å²) in [7, 11) is 0. The van der Waals surface area contributed by atoms with E-state index >= 15 is 0 Å². The molecule has 33 heavy (non-hydrogen) atoms. The minimum absolute atomic E-state index is 0.0803. The number of nitrogens with zero attached hydrogens (tertiary/aromatic N) is 2. The van der Waals surface area contributed by atoms with Gasteiger partial charge in [0.2, 0.25) is 5.91 Å². The van der Waals surface area contributed by atoms with Gasteiger partial charge in [-0.3, -0.25) is 4.79 Å². The van der Waals surface area contributed by atoms with Crippen molar-refractivity contribution in [1.82, 2.24) is 9.78 Å². The maximum Gasteiger partial charge on any atom is 0.573 e. The monoisotopic (exact) mass is 471 g/mol. The van der Waals surface area contributed by atoms with Gasteiger partial charge in [-0.2, -0.15) is 5.10 Å². The highest BCUT2D eigenvalue weighted by Crippen LogP contribution is 2.31. The Morgan fingerprint density at radius 2 is 1.64 bits per heavy atom. The molecule has 0 atom stereocenters. The molecule has 4 aromatic rings. The highest BCUT2D eigenvalue weighted by Gasteiger charge is 2.32. The highest BCUT2D eigenvalue weighted by atomic mass is 35.5. The van der Waals surface area contributed by atoms with Gasteiger partial charge in [0, 0.05) is 22.3 Å². The number of anilines is 1. The number of amides is 1. The Kier molecular flexibility index (Phi) is 6.37. The number of halogens is 4. The molecule has 0 aliphatic rings. The SMILES string of the molecule is O=C(Cc1cn(-c2ccccc2)nc1-c1ccc(Cl)cc1)Nc1ccccc1OC(F)(F)F. The first kappa shape index (κ1) is 22.4. The average Bonchev–Trinajstić information content (AvgIpc) is 3.19. The van der Waals surface area contributed by atoms with E-state index in [1.54, 1.807) is 35.1 Å². The zero-order valence-corrected chi connectivity index (χ0v) is 17.8. The van der Waals surface area contributed by atoms with E-state index in [2.05, 4.69) is 15.2 Å². The van der Waals surface area contributed by atoms with E-state index in [0.29, 0.717) is 16.3 Å². The van der Waals surface area contributed by atoms with Crippen LogP contribution in [0.3, 0.4) is 0 Å². The highest BCUT2D eigenvalue weighted by molar-refractivity contribution is 6.30. The second kappa shape index (κ2) is 9.38. The molecule has 168 valence electrons. The summed E-state index contributed by atoms with van der Waals surface area (Å²) >= 11 is 5.99. The molecule has 3 aromatic carbocycles. The lowest BCUT2D eigenvalue weighted by Gasteiger charge is -2.13. The van der Waals surface area contributed by atoms with E-state index in [9.17, 15) is 18.0 Å². The molecule has 0 aliphatic carbocycles. The van der Waals surface area contributed by atoms with Crippen LogP contribution in [0.4, 0.5) is 18.9 Å². The van der Waals surface area contributed by atoms with Crippen molar-refractivity contribution in [2.45, 2.75) is 12.8 Å². The van der Waals surface area contributed by atoms with Crippen LogP contribution in [0.25, 0.3) is 16.9 Å². The van der Waals surface area contributed by atoms with Crippen molar-refractivity contribution in [1.29, 1.82) is 0 Å². The molecule has 0 spiro atoms. The lowest BCUT2D eigenvalue weighted by atomic mass is 10.1. The average molecular weight is 472 g/mol. The third kappa shape index (κ3) is 5.72. The van der Waals surface area contributed by atoms with Gasteiger partial charge < -0.3 is 10.1 Å². The number of hydrogen-bond acceptors (Lipinski definition) is 3. The zero-order chi connectivity index (χ0) is 23.4. The number of alkyl halides is 3. The fraction of sp³-hybridized carbons (Fsp3) is 0.0833. The van der Waals surface area contributed by atoms with Gasteiger partial charge in [0.1, 0.15) is 0 Å². The molecule has 1 aromatic heterocycles. The third-order valence-electron chi connectivity index (χ3n) is 4.67. The fourth-order valence-corrected chi connectivity index (χ4v) is 3.38. The molecule has 1 heterocycles. The van der Waals surface area contributed by atoms with Crippen molar-refractivity contribution >= 4 is 23.2 Å². The van der Waals surface area contributed by atoms with Crippen LogP contribution < -0.4 is 10.1 Å². The quantitative estimate of drug-likeness (QED) is 0.360. The van der Waals surface area contributed by atoms with Crippen LogP contribution in [-0.4, -0.2) is 22.1 Å². The molecule has 5 nitrogen and oxygen atoms in total. The summed E-state index contributed by atoms with van der Waals surface area (Å²) < 4.78 is 43.7. The van der Waals surface area contributed by atoms with Gasteiger partial charge in [-0.05, 0) is 36.4 Å². The van der Waals surface area contributed by atoms with E-state index in [1.165, 1.54) is 18.2 Å². The maximum absolute atomic E-state index is 12.8. The number of aromatic nitrogens is 2. The molecular weight excluding hydrogens is 455 g/mol. The summed E-state index contributed by atoms with van der Waals surface area (Å²) in [5.41, 5.74) is 2.61. The van der Waals surface area contributed by atoms with Crippen LogP contribution in [0.5, 0.6) is 5.75 Å². The summed E-state index contributed by atoms with van der Waals surface area (Å²) in [5, 5.41) is 7.68. The molecule has 4 rings (SSSR count). The minimum Gasteiger partial charge on any atom is -0.404 e. The first-order chi connectivity index (χ1) is 15.8. The predicted molar refractivity (Wildman–Crippen MR) is 119 cm³/mol. The first-order valence-corrected chi connectivity index (χ1v) is 10.2. The molecule has 9 heteroatoms. The molecule has 1 N–H and O–H groups in total. The fourth-order valence-electron chi connectivity index (χ4n) is 3.25. The first-order valence-electron chi connectivity index (χ1n) is 9.83. The Hall–Kier alpha value is -3.78. The smallest absolute Gasteiger partial charge is 0.404 e. The maximum atomic E-state index is 12.8. The van der Waals surface area contributed by atoms with Gasteiger partial charge >= 0.3 is 6.36 Å². The number of nitrogens with one attached hydrogen (secondary N) is 1. The second-order valence-corrected chi connectivity index (χ2v) is 7.50. The number of ether oxygens (including phenoxy) is 1. The zero-order valence-electron chi connectivity index (χ0n) is 17.0. The lowest BCUT2D eigenvalue weighted by Crippen LogP contribution is -2.20. The van der Waals surface area contributed by atoms with Crippen LogP contribution in [0.15, 0.2) is 85.1 Å². The molecule has 0 saturated heterocycles. The molecule has 0 radical (unpaired) electrons. The van der Waals surface area contributed by atoms with Crippen molar-refractivity contribution < 1.29 is 22.7 Å². The van der Waals surface area contributed by atoms with Crippen LogP contribution in [-0.2, 0) is 11.2 Å². The van der Waals surface area contributed by atoms with E-state index in [-0.39, 0.29) is 12.1 Å². The van der Waals surface area contributed by atoms with Gasteiger partial charge in [0.25, 0.3) is 0 Å². The molecule has 0 fully saturated rings. The topological polar surface area (TPSA) is 56.2 Å². The lowest BCUT2D eigenvalue weighted by molar-refractivity contribution is -0.274. The van der Waals surface area contributed by atoms with Gasteiger partial charge in [-0.1, -0.05) is 54.1 Å². The molecule has 0 bridgehead atoms. The largest absolute Gasteiger partial charge is 0.573 e. The predicted octanol–water partition coefficient (Wildman–Crippen LogP) is 6.27. The standard InChI is InChI=1S/C24H17ClF3N3O2/c25-18-12-10-16(11-13-18)23-17(15-31(30-23)19-6-2-1-3-7-19)14-22(32)29-20-8-4-5-9-21(20)33-24(26,27)28/h1-13,15H,14H2,(H,29,32). The van der Waals surface area contributed by atoms with Gasteiger partial charge in [-0.15, -0.1) is 13.2 Å². The van der Waals surface area contributed by atoms with E-state index in [1.807, 2.05) is 30.3 Å². The Bertz CT molecular complexity index is 1260.